The lowest BCUT2D eigenvalue weighted by atomic mass is 9.87. The molecular weight excluding hydrogens is 258 g/mol. The third kappa shape index (κ3) is 5.13. The Morgan fingerprint density at radius 1 is 1.21 bits per heavy atom. The first-order valence-electron chi connectivity index (χ1n) is 7.29. The van der Waals surface area contributed by atoms with Crippen molar-refractivity contribution in [3.05, 3.63) is 34.9 Å². The van der Waals surface area contributed by atoms with E-state index in [9.17, 15) is 5.11 Å². The maximum absolute atomic E-state index is 9.49. The van der Waals surface area contributed by atoms with Gasteiger partial charge in [-0.15, -0.1) is 0 Å². The molecule has 0 bridgehead atoms. The van der Waals surface area contributed by atoms with E-state index in [1.54, 1.807) is 0 Å². The lowest BCUT2D eigenvalue weighted by Gasteiger charge is -2.27. The Kier molecular flexibility index (Phi) is 5.68. The molecular formula is C16H24ClNO. The molecule has 0 aromatic heterocycles. The highest BCUT2D eigenvalue weighted by molar-refractivity contribution is 6.30. The molecule has 0 spiro atoms. The van der Waals surface area contributed by atoms with Crippen molar-refractivity contribution in [1.29, 1.82) is 0 Å². The number of aliphatic hydroxyl groups excluding tert-OH is 1. The second-order valence-electron chi connectivity index (χ2n) is 5.81. The summed E-state index contributed by atoms with van der Waals surface area (Å²) >= 11 is 5.89. The Bertz CT molecular complexity index is 371. The van der Waals surface area contributed by atoms with Crippen LogP contribution in [0.15, 0.2) is 24.3 Å². The van der Waals surface area contributed by atoms with Crippen LogP contribution in [0.1, 0.15) is 38.2 Å². The Labute approximate surface area is 121 Å². The Morgan fingerprint density at radius 2 is 1.84 bits per heavy atom. The fourth-order valence-electron chi connectivity index (χ4n) is 2.76. The van der Waals surface area contributed by atoms with Gasteiger partial charge in [-0.2, -0.15) is 0 Å². The number of rotatable bonds is 5. The lowest BCUT2D eigenvalue weighted by molar-refractivity contribution is 0.108. The average Bonchev–Trinajstić information content (AvgIpc) is 2.41. The van der Waals surface area contributed by atoms with Crippen LogP contribution in [0.2, 0.25) is 5.02 Å². The van der Waals surface area contributed by atoms with Crippen LogP contribution in [0.5, 0.6) is 0 Å². The second kappa shape index (κ2) is 7.28. The maximum atomic E-state index is 9.49. The molecule has 0 radical (unpaired) electrons. The zero-order valence-electron chi connectivity index (χ0n) is 11.6. The van der Waals surface area contributed by atoms with E-state index >= 15 is 0 Å². The Hall–Kier alpha value is -0.570. The summed E-state index contributed by atoms with van der Waals surface area (Å²) in [6.07, 6.45) is 5.23. The van der Waals surface area contributed by atoms with Crippen LogP contribution in [0, 0.1) is 5.92 Å². The van der Waals surface area contributed by atoms with E-state index in [4.69, 9.17) is 11.6 Å². The molecule has 1 aliphatic carbocycles. The van der Waals surface area contributed by atoms with Crippen molar-refractivity contribution in [2.45, 2.75) is 51.2 Å². The molecule has 1 aromatic carbocycles. The highest BCUT2D eigenvalue weighted by Gasteiger charge is 2.19. The summed E-state index contributed by atoms with van der Waals surface area (Å²) in [5.41, 5.74) is 1.32. The van der Waals surface area contributed by atoms with Gasteiger partial charge in [0.15, 0.2) is 0 Å². The van der Waals surface area contributed by atoms with Gasteiger partial charge in [-0.3, -0.25) is 0 Å². The predicted octanol–water partition coefficient (Wildman–Crippen LogP) is 3.41. The van der Waals surface area contributed by atoms with Crippen LogP contribution in [0.25, 0.3) is 0 Å². The van der Waals surface area contributed by atoms with Crippen molar-refractivity contribution >= 4 is 11.6 Å². The quantitative estimate of drug-likeness (QED) is 0.867. The smallest absolute Gasteiger partial charge is 0.0540 e. The fraction of sp³-hybridized carbons (Fsp3) is 0.625. The molecule has 106 valence electrons. The molecule has 2 N–H and O–H groups in total. The van der Waals surface area contributed by atoms with Gasteiger partial charge in [0, 0.05) is 11.1 Å². The van der Waals surface area contributed by atoms with Gasteiger partial charge in [-0.05, 0) is 69.2 Å². The minimum atomic E-state index is -0.0530. The van der Waals surface area contributed by atoms with Crippen molar-refractivity contribution in [3.8, 4) is 0 Å². The van der Waals surface area contributed by atoms with Gasteiger partial charge in [-0.25, -0.2) is 0 Å². The molecule has 2 nitrogen and oxygen atoms in total. The molecule has 19 heavy (non-hydrogen) atoms. The van der Waals surface area contributed by atoms with Crippen LogP contribution in [0.4, 0.5) is 0 Å². The van der Waals surface area contributed by atoms with Gasteiger partial charge in [0.25, 0.3) is 0 Å². The molecule has 1 fully saturated rings. The molecule has 0 heterocycles. The first-order chi connectivity index (χ1) is 9.13. The predicted molar refractivity (Wildman–Crippen MR) is 80.6 cm³/mol. The van der Waals surface area contributed by atoms with Gasteiger partial charge in [-0.1, -0.05) is 23.7 Å². The zero-order valence-corrected chi connectivity index (χ0v) is 12.4. The third-order valence-electron chi connectivity index (χ3n) is 4.03. The highest BCUT2D eigenvalue weighted by atomic mass is 35.5. The summed E-state index contributed by atoms with van der Waals surface area (Å²) in [6, 6.07) is 8.57. The summed E-state index contributed by atoms with van der Waals surface area (Å²) in [5, 5.41) is 13.9. The first kappa shape index (κ1) is 14.8. The first-order valence-corrected chi connectivity index (χ1v) is 7.67. The zero-order chi connectivity index (χ0) is 13.7. The number of hydrogen-bond donors (Lipinski definition) is 2. The van der Waals surface area contributed by atoms with E-state index in [1.165, 1.54) is 5.56 Å². The van der Waals surface area contributed by atoms with Crippen LogP contribution >= 0.6 is 11.6 Å². The number of halogens is 1. The molecule has 3 heteroatoms. The van der Waals surface area contributed by atoms with Crippen LogP contribution < -0.4 is 5.32 Å². The van der Waals surface area contributed by atoms with Crippen LogP contribution in [0.3, 0.4) is 0 Å². The van der Waals surface area contributed by atoms with Gasteiger partial charge in [0.2, 0.25) is 0 Å². The molecule has 2 rings (SSSR count). The molecule has 0 saturated heterocycles. The van der Waals surface area contributed by atoms with Gasteiger partial charge < -0.3 is 10.4 Å². The Morgan fingerprint density at radius 3 is 2.47 bits per heavy atom. The average molecular weight is 282 g/mol. The van der Waals surface area contributed by atoms with Crippen molar-refractivity contribution < 1.29 is 5.11 Å². The number of benzene rings is 1. The van der Waals surface area contributed by atoms with Crippen molar-refractivity contribution in [3.63, 3.8) is 0 Å². The van der Waals surface area contributed by atoms with Crippen molar-refractivity contribution in [2.24, 2.45) is 5.92 Å². The maximum Gasteiger partial charge on any atom is 0.0540 e. The monoisotopic (exact) mass is 281 g/mol. The third-order valence-corrected chi connectivity index (χ3v) is 4.28. The minimum absolute atomic E-state index is 0.0530. The molecule has 1 unspecified atom stereocenters. The van der Waals surface area contributed by atoms with Crippen molar-refractivity contribution in [1.82, 2.24) is 5.32 Å². The summed E-state index contributed by atoms with van der Waals surface area (Å²) in [4.78, 5) is 0. The molecule has 1 atom stereocenters. The van der Waals surface area contributed by atoms with Gasteiger partial charge in [0.1, 0.15) is 0 Å². The SMILES string of the molecule is CC(Cc1ccc(Cl)cc1)NCC1CCC(O)CC1. The molecule has 0 aliphatic heterocycles. The van der Waals surface area contributed by atoms with Crippen LogP contribution in [-0.2, 0) is 6.42 Å². The van der Waals surface area contributed by atoms with E-state index in [2.05, 4.69) is 24.4 Å². The number of aliphatic hydroxyl groups is 1. The summed E-state index contributed by atoms with van der Waals surface area (Å²) in [7, 11) is 0. The lowest BCUT2D eigenvalue weighted by Crippen LogP contribution is -2.34. The van der Waals surface area contributed by atoms with E-state index in [1.807, 2.05) is 12.1 Å². The summed E-state index contributed by atoms with van der Waals surface area (Å²) in [6.45, 7) is 3.30. The largest absolute Gasteiger partial charge is 0.393 e. The van der Waals surface area contributed by atoms with Crippen molar-refractivity contribution in [2.75, 3.05) is 6.54 Å². The fourth-order valence-corrected chi connectivity index (χ4v) is 2.89. The second-order valence-corrected chi connectivity index (χ2v) is 6.25. The standard InChI is InChI=1S/C16H24ClNO/c1-12(10-13-2-6-15(17)7-3-13)18-11-14-4-8-16(19)9-5-14/h2-3,6-7,12,14,16,18-19H,4-5,8-11H2,1H3. The normalized spacial score (nSPS) is 25.2. The number of hydrogen-bond acceptors (Lipinski definition) is 2. The topological polar surface area (TPSA) is 32.3 Å². The van der Waals surface area contributed by atoms with Gasteiger partial charge >= 0.3 is 0 Å². The molecule has 0 amide bonds. The number of nitrogens with one attached hydrogen (secondary N) is 1. The van der Waals surface area contributed by atoms with Gasteiger partial charge in [0.05, 0.1) is 6.10 Å². The van der Waals surface area contributed by atoms with E-state index < -0.39 is 0 Å². The van der Waals surface area contributed by atoms with Crippen LogP contribution in [-0.4, -0.2) is 23.8 Å². The summed E-state index contributed by atoms with van der Waals surface area (Å²) in [5.74, 6) is 0.732. The van der Waals surface area contributed by atoms with E-state index in [0.717, 1.165) is 49.6 Å². The van der Waals surface area contributed by atoms with E-state index in [-0.39, 0.29) is 6.10 Å². The molecule has 1 saturated carbocycles. The molecule has 1 aliphatic rings. The molecule has 1 aromatic rings. The van der Waals surface area contributed by atoms with E-state index in [0.29, 0.717) is 6.04 Å². The minimum Gasteiger partial charge on any atom is -0.393 e. The summed E-state index contributed by atoms with van der Waals surface area (Å²) < 4.78 is 0. The highest BCUT2D eigenvalue weighted by Crippen LogP contribution is 2.23. The Balaban J connectivity index is 1.69.